The van der Waals surface area contributed by atoms with E-state index in [2.05, 4.69) is 0 Å². The molecule has 1 atom stereocenters. The van der Waals surface area contributed by atoms with Crippen molar-refractivity contribution in [2.24, 2.45) is 0 Å². The minimum atomic E-state index is -0.994. The Morgan fingerprint density at radius 2 is 2.07 bits per heavy atom. The molecular weight excluding hydrogens is 196 g/mol. The lowest BCUT2D eigenvalue weighted by molar-refractivity contribution is 0.342. The summed E-state index contributed by atoms with van der Waals surface area (Å²) in [7, 11) is -0.994. The third kappa shape index (κ3) is 3.44. The smallest absolute Gasteiger partial charge is 0.0615 e. The highest BCUT2D eigenvalue weighted by molar-refractivity contribution is 7.85. The monoisotopic (exact) mass is 210 g/mol. The molecule has 0 aliphatic carbocycles. The molecule has 0 saturated heterocycles. The molecule has 0 heterocycles. The van der Waals surface area contributed by atoms with Gasteiger partial charge in [-0.15, -0.1) is 0 Å². The standard InChI is InChI=1S/C11H14O2S/c1-10(7-8-12)9-14(13)11-5-3-2-4-6-11/h2-7,12H,8-9H2,1H3/b10-7-. The van der Waals surface area contributed by atoms with Crippen LogP contribution in [0.4, 0.5) is 0 Å². The second-order valence-electron chi connectivity index (χ2n) is 3.04. The van der Waals surface area contributed by atoms with Crippen LogP contribution in [0.3, 0.4) is 0 Å². The van der Waals surface area contributed by atoms with E-state index in [1.54, 1.807) is 6.08 Å². The molecule has 1 aromatic carbocycles. The van der Waals surface area contributed by atoms with Crippen molar-refractivity contribution < 1.29 is 9.32 Å². The first-order valence-electron chi connectivity index (χ1n) is 4.44. The van der Waals surface area contributed by atoms with Crippen LogP contribution in [0.15, 0.2) is 46.9 Å². The molecule has 0 spiro atoms. The molecule has 2 nitrogen and oxygen atoms in total. The van der Waals surface area contributed by atoms with E-state index >= 15 is 0 Å². The second-order valence-corrected chi connectivity index (χ2v) is 4.49. The second kappa shape index (κ2) is 5.73. The Kier molecular flexibility index (Phi) is 4.56. The molecule has 14 heavy (non-hydrogen) atoms. The Hall–Kier alpha value is -0.930. The van der Waals surface area contributed by atoms with Crippen LogP contribution >= 0.6 is 0 Å². The molecule has 0 radical (unpaired) electrons. The summed E-state index contributed by atoms with van der Waals surface area (Å²) < 4.78 is 11.7. The van der Waals surface area contributed by atoms with E-state index < -0.39 is 10.8 Å². The quantitative estimate of drug-likeness (QED) is 0.768. The number of rotatable bonds is 4. The fourth-order valence-electron chi connectivity index (χ4n) is 1.08. The molecular formula is C11H14O2S. The maximum Gasteiger partial charge on any atom is 0.0615 e. The van der Waals surface area contributed by atoms with E-state index in [0.717, 1.165) is 10.5 Å². The minimum Gasteiger partial charge on any atom is -0.392 e. The molecule has 1 aromatic rings. The van der Waals surface area contributed by atoms with Crippen LogP contribution in [-0.2, 0) is 10.8 Å². The van der Waals surface area contributed by atoms with Gasteiger partial charge in [0.1, 0.15) is 0 Å². The number of aliphatic hydroxyl groups is 1. The zero-order chi connectivity index (χ0) is 10.4. The Morgan fingerprint density at radius 3 is 2.64 bits per heavy atom. The fraction of sp³-hybridized carbons (Fsp3) is 0.273. The van der Waals surface area contributed by atoms with Gasteiger partial charge in [0.05, 0.1) is 17.4 Å². The first kappa shape index (κ1) is 11.1. The molecule has 0 fully saturated rings. The summed E-state index contributed by atoms with van der Waals surface area (Å²) in [5.41, 5.74) is 0.953. The molecule has 1 unspecified atom stereocenters. The van der Waals surface area contributed by atoms with Crippen LogP contribution < -0.4 is 0 Å². The molecule has 0 amide bonds. The number of aliphatic hydroxyl groups excluding tert-OH is 1. The minimum absolute atomic E-state index is 0.0117. The lowest BCUT2D eigenvalue weighted by Crippen LogP contribution is -1.99. The van der Waals surface area contributed by atoms with Gasteiger partial charge in [-0.1, -0.05) is 29.8 Å². The third-order valence-corrected chi connectivity index (χ3v) is 3.32. The molecule has 0 aromatic heterocycles. The highest BCUT2D eigenvalue weighted by Crippen LogP contribution is 2.08. The van der Waals surface area contributed by atoms with Crippen LogP contribution in [0.1, 0.15) is 6.92 Å². The Morgan fingerprint density at radius 1 is 1.43 bits per heavy atom. The Bertz CT molecular complexity index is 330. The van der Waals surface area contributed by atoms with Crippen molar-refractivity contribution in [2.75, 3.05) is 12.4 Å². The molecule has 76 valence electrons. The largest absolute Gasteiger partial charge is 0.392 e. The summed E-state index contributed by atoms with van der Waals surface area (Å²) in [4.78, 5) is 0.832. The number of hydrogen-bond donors (Lipinski definition) is 1. The number of benzene rings is 1. The van der Waals surface area contributed by atoms with Gasteiger partial charge in [-0.25, -0.2) is 0 Å². The van der Waals surface area contributed by atoms with Crippen LogP contribution in [0.5, 0.6) is 0 Å². The summed E-state index contributed by atoms with van der Waals surface area (Å²) in [6.45, 7) is 1.88. The lowest BCUT2D eigenvalue weighted by atomic mass is 10.3. The summed E-state index contributed by atoms with van der Waals surface area (Å²) in [6.07, 6.45) is 1.68. The van der Waals surface area contributed by atoms with Crippen molar-refractivity contribution in [2.45, 2.75) is 11.8 Å². The van der Waals surface area contributed by atoms with Crippen LogP contribution in [0.2, 0.25) is 0 Å². The molecule has 0 aliphatic heterocycles. The first-order chi connectivity index (χ1) is 6.74. The molecule has 1 N–H and O–H groups in total. The fourth-order valence-corrected chi connectivity index (χ4v) is 2.24. The highest BCUT2D eigenvalue weighted by Gasteiger charge is 2.02. The van der Waals surface area contributed by atoms with Crippen LogP contribution in [-0.4, -0.2) is 21.7 Å². The third-order valence-electron chi connectivity index (χ3n) is 1.80. The van der Waals surface area contributed by atoms with Crippen molar-refractivity contribution in [3.8, 4) is 0 Å². The van der Waals surface area contributed by atoms with Crippen molar-refractivity contribution in [3.63, 3.8) is 0 Å². The summed E-state index contributed by atoms with van der Waals surface area (Å²) in [6, 6.07) is 9.35. The maximum absolute atomic E-state index is 11.7. The van der Waals surface area contributed by atoms with Crippen molar-refractivity contribution >= 4 is 10.8 Å². The van der Waals surface area contributed by atoms with E-state index in [9.17, 15) is 4.21 Å². The lowest BCUT2D eigenvalue weighted by Gasteiger charge is -2.01. The summed E-state index contributed by atoms with van der Waals surface area (Å²) >= 11 is 0. The van der Waals surface area contributed by atoms with Gasteiger partial charge in [-0.05, 0) is 19.1 Å². The van der Waals surface area contributed by atoms with E-state index in [1.807, 2.05) is 37.3 Å². The van der Waals surface area contributed by atoms with E-state index in [0.29, 0.717) is 5.75 Å². The first-order valence-corrected chi connectivity index (χ1v) is 5.76. The molecule has 3 heteroatoms. The van der Waals surface area contributed by atoms with Gasteiger partial charge in [0.15, 0.2) is 0 Å². The predicted octanol–water partition coefficient (Wildman–Crippen LogP) is 1.73. The van der Waals surface area contributed by atoms with Gasteiger partial charge in [0, 0.05) is 10.6 Å². The van der Waals surface area contributed by atoms with E-state index in [1.165, 1.54) is 0 Å². The van der Waals surface area contributed by atoms with Gasteiger partial charge in [-0.3, -0.25) is 4.21 Å². The van der Waals surface area contributed by atoms with Crippen molar-refractivity contribution in [1.82, 2.24) is 0 Å². The van der Waals surface area contributed by atoms with Gasteiger partial charge in [0.2, 0.25) is 0 Å². The normalized spacial score (nSPS) is 14.0. The molecule has 0 aliphatic rings. The summed E-state index contributed by atoms with van der Waals surface area (Å²) in [5, 5.41) is 8.64. The predicted molar refractivity (Wildman–Crippen MR) is 58.6 cm³/mol. The zero-order valence-electron chi connectivity index (χ0n) is 8.14. The Labute approximate surface area is 86.7 Å². The van der Waals surface area contributed by atoms with Crippen LogP contribution in [0.25, 0.3) is 0 Å². The highest BCUT2D eigenvalue weighted by atomic mass is 32.2. The topological polar surface area (TPSA) is 37.3 Å². The molecule has 0 bridgehead atoms. The van der Waals surface area contributed by atoms with Gasteiger partial charge in [-0.2, -0.15) is 0 Å². The van der Waals surface area contributed by atoms with Crippen LogP contribution in [0, 0.1) is 0 Å². The average Bonchev–Trinajstić information content (AvgIpc) is 2.19. The van der Waals surface area contributed by atoms with E-state index in [-0.39, 0.29) is 6.61 Å². The Balaban J connectivity index is 2.64. The van der Waals surface area contributed by atoms with Crippen molar-refractivity contribution in [3.05, 3.63) is 42.0 Å². The summed E-state index contributed by atoms with van der Waals surface area (Å²) in [5.74, 6) is 0.491. The van der Waals surface area contributed by atoms with Crippen molar-refractivity contribution in [1.29, 1.82) is 0 Å². The van der Waals surface area contributed by atoms with E-state index in [4.69, 9.17) is 5.11 Å². The molecule has 1 rings (SSSR count). The SMILES string of the molecule is C/C(=C/CO)CS(=O)c1ccccc1. The average molecular weight is 210 g/mol. The van der Waals surface area contributed by atoms with Gasteiger partial charge >= 0.3 is 0 Å². The maximum atomic E-state index is 11.7. The zero-order valence-corrected chi connectivity index (χ0v) is 8.96. The number of hydrogen-bond acceptors (Lipinski definition) is 2. The van der Waals surface area contributed by atoms with Gasteiger partial charge in [0.25, 0.3) is 0 Å². The van der Waals surface area contributed by atoms with Gasteiger partial charge < -0.3 is 5.11 Å². The molecule has 0 saturated carbocycles.